The van der Waals surface area contributed by atoms with Crippen LogP contribution < -0.4 is 10.2 Å². The number of carbonyl (C=O) groups excluding carboxylic acids is 3. The number of esters is 2. The molecule has 0 aliphatic carbocycles. The van der Waals surface area contributed by atoms with Crippen molar-refractivity contribution in [3.63, 3.8) is 0 Å². The number of aliphatic hydroxyl groups is 1. The first-order valence-corrected chi connectivity index (χ1v) is 15.4. The molecule has 3 N–H and O–H groups in total. The highest BCUT2D eigenvalue weighted by molar-refractivity contribution is 6.13. The van der Waals surface area contributed by atoms with Crippen molar-refractivity contribution in [1.82, 2.24) is 15.1 Å². The van der Waals surface area contributed by atoms with Gasteiger partial charge in [-0.1, -0.05) is 78.3 Å². The molecule has 1 aromatic rings. The number of rotatable bonds is 17. The molecule has 0 spiro atoms. The molecule has 1 aromatic carbocycles. The van der Waals surface area contributed by atoms with Crippen molar-refractivity contribution in [3.8, 4) is 0 Å². The Morgan fingerprint density at radius 1 is 1.12 bits per heavy atom. The van der Waals surface area contributed by atoms with Crippen molar-refractivity contribution in [2.45, 2.75) is 117 Å². The van der Waals surface area contributed by atoms with E-state index < -0.39 is 36.4 Å². The smallest absolute Gasteiger partial charge is 0.329 e. The third-order valence-electron chi connectivity index (χ3n) is 7.78. The minimum Gasteiger partial charge on any atom is -0.459 e. The maximum Gasteiger partial charge on any atom is 0.329 e. The zero-order chi connectivity index (χ0) is 30.5. The van der Waals surface area contributed by atoms with E-state index in [0.29, 0.717) is 38.1 Å². The summed E-state index contributed by atoms with van der Waals surface area (Å²) in [5, 5.41) is 14.2. The molecule has 9 nitrogen and oxygen atoms in total. The summed E-state index contributed by atoms with van der Waals surface area (Å²) in [6, 6.07) is 7.95. The van der Waals surface area contributed by atoms with Crippen molar-refractivity contribution >= 4 is 29.6 Å². The topological polar surface area (TPSA) is 117 Å². The number of benzene rings is 1. The van der Waals surface area contributed by atoms with Crippen LogP contribution in [-0.2, 0) is 30.5 Å². The summed E-state index contributed by atoms with van der Waals surface area (Å²) >= 11 is 5.87. The van der Waals surface area contributed by atoms with Gasteiger partial charge >= 0.3 is 11.9 Å². The number of hydrogen-bond donors (Lipinski definition) is 3. The molecule has 41 heavy (non-hydrogen) atoms. The summed E-state index contributed by atoms with van der Waals surface area (Å²) in [4.78, 5) is 43.7. The molecule has 232 valence electrons. The van der Waals surface area contributed by atoms with Crippen LogP contribution in [0.2, 0.25) is 0 Å². The van der Waals surface area contributed by atoms with Gasteiger partial charge in [0.2, 0.25) is 5.91 Å². The molecule has 2 rings (SSSR count). The first kappa shape index (κ1) is 35.0. The van der Waals surface area contributed by atoms with Crippen LogP contribution in [0.4, 0.5) is 0 Å². The summed E-state index contributed by atoms with van der Waals surface area (Å²) < 4.78 is 11.2. The van der Waals surface area contributed by atoms with Crippen LogP contribution >= 0.6 is 11.8 Å². The second-order valence-corrected chi connectivity index (χ2v) is 12.1. The predicted molar refractivity (Wildman–Crippen MR) is 160 cm³/mol. The van der Waals surface area contributed by atoms with Gasteiger partial charge in [0.25, 0.3) is 0 Å². The number of nitrogens with zero attached hydrogens (tertiary/aromatic N) is 1. The van der Waals surface area contributed by atoms with Gasteiger partial charge in [0, 0.05) is 19.0 Å². The molecule has 1 fully saturated rings. The third kappa shape index (κ3) is 11.2. The van der Waals surface area contributed by atoms with E-state index in [1.807, 2.05) is 58.0 Å². The zero-order valence-corrected chi connectivity index (χ0v) is 26.2. The molecule has 1 amide bonds. The Hall–Kier alpha value is -2.20. The summed E-state index contributed by atoms with van der Waals surface area (Å²) in [6.45, 7) is 12.4. The number of likely N-dealkylation sites (tertiary alicyclic amines) is 1. The normalized spacial score (nSPS) is 19.1. The van der Waals surface area contributed by atoms with E-state index in [9.17, 15) is 19.5 Å². The number of amides is 1. The average molecular weight is 596 g/mol. The molecule has 6 atom stereocenters. The van der Waals surface area contributed by atoms with Gasteiger partial charge in [0.05, 0.1) is 6.04 Å². The third-order valence-corrected chi connectivity index (χ3v) is 8.06. The van der Waals surface area contributed by atoms with Crippen molar-refractivity contribution < 1.29 is 29.0 Å². The Balaban J connectivity index is 2.05. The van der Waals surface area contributed by atoms with E-state index >= 15 is 0 Å². The Kier molecular flexibility index (Phi) is 15.1. The highest BCUT2D eigenvalue weighted by Crippen LogP contribution is 2.23. The number of halogens is 1. The lowest BCUT2D eigenvalue weighted by Crippen LogP contribution is -2.56. The van der Waals surface area contributed by atoms with Crippen LogP contribution in [0.25, 0.3) is 0 Å². The minimum absolute atomic E-state index is 0.0319. The fourth-order valence-electron chi connectivity index (χ4n) is 5.09. The lowest BCUT2D eigenvalue weighted by atomic mass is 9.96. The molecule has 0 radical (unpaired) electrons. The number of nitrogens with one attached hydrogen (secondary N) is 2. The van der Waals surface area contributed by atoms with Gasteiger partial charge < -0.3 is 19.5 Å². The molecule has 0 saturated carbocycles. The van der Waals surface area contributed by atoms with Crippen molar-refractivity contribution in [2.24, 2.45) is 17.8 Å². The van der Waals surface area contributed by atoms with E-state index in [-0.39, 0.29) is 36.8 Å². The van der Waals surface area contributed by atoms with Gasteiger partial charge in [-0.25, -0.2) is 9.63 Å². The number of hydrogen-bond acceptors (Lipinski definition) is 8. The summed E-state index contributed by atoms with van der Waals surface area (Å²) in [7, 11) is 0. The Labute approximate surface area is 250 Å². The van der Waals surface area contributed by atoms with Gasteiger partial charge in [-0.2, -0.15) is 0 Å². The number of aliphatic hydroxyl groups excluding tert-OH is 1. The summed E-state index contributed by atoms with van der Waals surface area (Å²) in [6.07, 6.45) is 1.11. The van der Waals surface area contributed by atoms with Gasteiger partial charge in [-0.3, -0.25) is 14.9 Å². The SMILES string of the molecule is CC[C@H](C)[C@H](CCC(=O)O[C@@H](C(C)C)C(O)N[C@@H](CC(C)C)C(=O)N1CCC[C@H]1C(=O)OCc1ccccc1)NCl. The van der Waals surface area contributed by atoms with E-state index in [1.54, 1.807) is 4.90 Å². The molecular formula is C31H50ClN3O6. The maximum absolute atomic E-state index is 13.7. The maximum atomic E-state index is 13.7. The van der Waals surface area contributed by atoms with Gasteiger partial charge in [0.1, 0.15) is 25.0 Å². The molecule has 1 saturated heterocycles. The molecule has 0 aromatic heterocycles. The van der Waals surface area contributed by atoms with Gasteiger partial charge in [0.15, 0.2) is 0 Å². The molecule has 10 heteroatoms. The fraction of sp³-hybridized carbons (Fsp3) is 0.710. The van der Waals surface area contributed by atoms with Gasteiger partial charge in [-0.15, -0.1) is 0 Å². The first-order valence-electron chi connectivity index (χ1n) is 15.0. The first-order chi connectivity index (χ1) is 19.5. The molecule has 1 heterocycles. The van der Waals surface area contributed by atoms with Crippen molar-refractivity contribution in [2.75, 3.05) is 6.54 Å². The molecule has 1 unspecified atom stereocenters. The Morgan fingerprint density at radius 3 is 2.39 bits per heavy atom. The monoisotopic (exact) mass is 595 g/mol. The van der Waals surface area contributed by atoms with Crippen molar-refractivity contribution in [3.05, 3.63) is 35.9 Å². The average Bonchev–Trinajstić information content (AvgIpc) is 3.44. The minimum atomic E-state index is -1.27. The lowest BCUT2D eigenvalue weighted by Gasteiger charge is -2.33. The van der Waals surface area contributed by atoms with Crippen LogP contribution in [0.3, 0.4) is 0 Å². The van der Waals surface area contributed by atoms with Gasteiger partial charge in [-0.05, 0) is 60.8 Å². The van der Waals surface area contributed by atoms with Crippen LogP contribution in [0, 0.1) is 17.8 Å². The number of carbonyl (C=O) groups is 3. The van der Waals surface area contributed by atoms with Crippen LogP contribution in [0.15, 0.2) is 30.3 Å². The van der Waals surface area contributed by atoms with E-state index in [0.717, 1.165) is 12.0 Å². The van der Waals surface area contributed by atoms with Crippen LogP contribution in [0.5, 0.6) is 0 Å². The molecule has 0 bridgehead atoms. The second kappa shape index (κ2) is 17.7. The second-order valence-electron chi connectivity index (χ2n) is 11.9. The van der Waals surface area contributed by atoms with Crippen molar-refractivity contribution in [1.29, 1.82) is 0 Å². The highest BCUT2D eigenvalue weighted by atomic mass is 35.5. The summed E-state index contributed by atoms with van der Waals surface area (Å²) in [5.41, 5.74) is 0.878. The quantitative estimate of drug-likeness (QED) is 0.136. The van der Waals surface area contributed by atoms with E-state index in [4.69, 9.17) is 21.3 Å². The lowest BCUT2D eigenvalue weighted by molar-refractivity contribution is -0.162. The van der Waals surface area contributed by atoms with E-state index in [2.05, 4.69) is 24.0 Å². The molecule has 1 aliphatic rings. The Morgan fingerprint density at radius 2 is 1.80 bits per heavy atom. The van der Waals surface area contributed by atoms with Crippen LogP contribution in [0.1, 0.15) is 85.6 Å². The highest BCUT2D eigenvalue weighted by Gasteiger charge is 2.40. The largest absolute Gasteiger partial charge is 0.459 e. The van der Waals surface area contributed by atoms with Crippen LogP contribution in [-0.4, -0.2) is 64.9 Å². The van der Waals surface area contributed by atoms with E-state index in [1.165, 1.54) is 0 Å². The predicted octanol–water partition coefficient (Wildman–Crippen LogP) is 4.55. The standard InChI is InChI=1S/C31H50ClN3O6/c1-7-22(6)24(34-32)15-16-27(36)41-28(21(4)5)29(37)33-25(18-20(2)3)30(38)35-17-11-14-26(35)31(39)40-19-23-12-9-8-10-13-23/h8-10,12-13,20-22,24-26,28-29,33-34,37H,7,11,14-19H2,1-6H3/t22-,24-,25-,26-,28-,29?/m0/s1. The number of ether oxygens (including phenoxy) is 2. The zero-order valence-electron chi connectivity index (χ0n) is 25.5. The molecular weight excluding hydrogens is 546 g/mol. The fourth-order valence-corrected chi connectivity index (χ4v) is 5.42. The Bertz CT molecular complexity index is 947. The molecule has 1 aliphatic heterocycles. The summed E-state index contributed by atoms with van der Waals surface area (Å²) in [5.74, 6) is -0.913.